The van der Waals surface area contributed by atoms with Gasteiger partial charge < -0.3 is 14.0 Å². The van der Waals surface area contributed by atoms with Gasteiger partial charge in [0.15, 0.2) is 0 Å². The maximum absolute atomic E-state index is 12.8. The molecule has 3 atom stereocenters. The molecule has 35 heavy (non-hydrogen) atoms. The van der Waals surface area contributed by atoms with Gasteiger partial charge in [-0.15, -0.1) is 4.72 Å². The Morgan fingerprint density at radius 1 is 1.14 bits per heavy atom. The summed E-state index contributed by atoms with van der Waals surface area (Å²) in [7, 11) is 1.90. The molecule has 3 aromatic rings. The molecule has 2 fully saturated rings. The van der Waals surface area contributed by atoms with Gasteiger partial charge in [-0.2, -0.15) is 4.98 Å². The average molecular weight is 490 g/mol. The second-order valence-electron chi connectivity index (χ2n) is 10.8. The minimum atomic E-state index is -1.30. The number of nitrogens with zero attached hydrogens (tertiary/aromatic N) is 4. The van der Waals surface area contributed by atoms with Gasteiger partial charge in [0.1, 0.15) is 11.4 Å². The van der Waals surface area contributed by atoms with Crippen LogP contribution in [0.15, 0.2) is 66.1 Å². The molecule has 1 N–H and O–H groups in total. The van der Waals surface area contributed by atoms with Crippen molar-refractivity contribution in [3.63, 3.8) is 0 Å². The van der Waals surface area contributed by atoms with E-state index in [4.69, 9.17) is 0 Å². The molecule has 6 nitrogen and oxygen atoms in total. The second-order valence-corrected chi connectivity index (χ2v) is 12.0. The third-order valence-corrected chi connectivity index (χ3v) is 9.28. The van der Waals surface area contributed by atoms with Gasteiger partial charge in [-0.1, -0.05) is 36.4 Å². The van der Waals surface area contributed by atoms with Gasteiger partial charge in [-0.25, -0.2) is 0 Å². The third kappa shape index (κ3) is 4.62. The lowest BCUT2D eigenvalue weighted by atomic mass is 9.74. The van der Waals surface area contributed by atoms with E-state index in [9.17, 15) is 4.55 Å². The van der Waals surface area contributed by atoms with Gasteiger partial charge in [0.25, 0.3) is 5.03 Å². The lowest BCUT2D eigenvalue weighted by molar-refractivity contribution is 0.0877. The van der Waals surface area contributed by atoms with Gasteiger partial charge >= 0.3 is 0 Å². The number of imidazole rings is 1. The first kappa shape index (κ1) is 23.1. The zero-order chi connectivity index (χ0) is 24.0. The van der Waals surface area contributed by atoms with Crippen LogP contribution < -0.4 is 9.62 Å². The highest BCUT2D eigenvalue weighted by Gasteiger charge is 2.44. The van der Waals surface area contributed by atoms with E-state index in [2.05, 4.69) is 75.0 Å². The molecular weight excluding hydrogens is 454 g/mol. The number of rotatable bonds is 7. The summed E-state index contributed by atoms with van der Waals surface area (Å²) in [6.45, 7) is 6.32. The van der Waals surface area contributed by atoms with Crippen LogP contribution in [0.1, 0.15) is 42.4 Å². The Bertz CT molecular complexity index is 1170. The number of aryl methyl sites for hydroxylation is 2. The van der Waals surface area contributed by atoms with Crippen molar-refractivity contribution in [3.8, 4) is 0 Å². The molecule has 2 aliphatic heterocycles. The fraction of sp³-hybridized carbons (Fsp3) is 0.464. The zero-order valence-electron chi connectivity index (χ0n) is 20.7. The molecule has 0 bridgehead atoms. The summed E-state index contributed by atoms with van der Waals surface area (Å²) in [6.07, 6.45) is 8.37. The smallest absolute Gasteiger partial charge is 0.283 e. The van der Waals surface area contributed by atoms with E-state index < -0.39 is 11.4 Å². The molecule has 1 aromatic heterocycles. The molecule has 0 saturated carbocycles. The molecule has 184 valence electrons. The third-order valence-electron chi connectivity index (χ3n) is 8.02. The predicted octanol–water partition coefficient (Wildman–Crippen LogP) is 3.66. The molecule has 3 aliphatic rings. The Kier molecular flexibility index (Phi) is 6.13. The van der Waals surface area contributed by atoms with Crippen molar-refractivity contribution in [2.24, 2.45) is 7.05 Å². The molecule has 0 amide bonds. The van der Waals surface area contributed by atoms with Crippen LogP contribution in [0.2, 0.25) is 0 Å². The first-order valence-corrected chi connectivity index (χ1v) is 14.0. The van der Waals surface area contributed by atoms with E-state index in [-0.39, 0.29) is 5.54 Å². The van der Waals surface area contributed by atoms with Gasteiger partial charge in [-0.3, -0.25) is 4.90 Å². The van der Waals surface area contributed by atoms with E-state index in [1.807, 2.05) is 17.8 Å². The van der Waals surface area contributed by atoms with Gasteiger partial charge in [-0.05, 0) is 74.5 Å². The van der Waals surface area contributed by atoms with E-state index >= 15 is 0 Å². The Balaban J connectivity index is 1.20. The van der Waals surface area contributed by atoms with Crippen molar-refractivity contribution in [1.82, 2.24) is 19.2 Å². The second kappa shape index (κ2) is 9.28. The van der Waals surface area contributed by atoms with Crippen LogP contribution in [-0.4, -0.2) is 56.8 Å². The molecule has 2 aromatic carbocycles. The van der Waals surface area contributed by atoms with Gasteiger partial charge in [0.05, 0.1) is 18.1 Å². The highest BCUT2D eigenvalue weighted by Crippen LogP contribution is 2.41. The van der Waals surface area contributed by atoms with Crippen molar-refractivity contribution < 1.29 is 4.55 Å². The first-order valence-electron chi connectivity index (χ1n) is 12.8. The quantitative estimate of drug-likeness (QED) is 0.514. The monoisotopic (exact) mass is 489 g/mol. The lowest BCUT2D eigenvalue weighted by Crippen LogP contribution is -2.68. The van der Waals surface area contributed by atoms with Crippen molar-refractivity contribution >= 4 is 17.0 Å². The summed E-state index contributed by atoms with van der Waals surface area (Å²) < 4.78 is 17.9. The van der Waals surface area contributed by atoms with Crippen molar-refractivity contribution in [3.05, 3.63) is 77.7 Å². The number of hydrogen-bond acceptors (Lipinski definition) is 5. The topological polar surface area (TPSA) is 59.4 Å². The van der Waals surface area contributed by atoms with Crippen LogP contribution in [0.25, 0.3) is 0 Å². The highest BCUT2D eigenvalue weighted by molar-refractivity contribution is 7.89. The van der Waals surface area contributed by atoms with Crippen LogP contribution in [0, 0.1) is 0 Å². The van der Waals surface area contributed by atoms with E-state index in [1.165, 1.54) is 54.7 Å². The largest absolute Gasteiger partial charge is 0.592 e. The van der Waals surface area contributed by atoms with E-state index in [1.54, 1.807) is 6.33 Å². The van der Waals surface area contributed by atoms with Crippen LogP contribution in [0.3, 0.4) is 0 Å². The summed E-state index contributed by atoms with van der Waals surface area (Å²) in [5.74, 6) is 0.531. The summed E-state index contributed by atoms with van der Waals surface area (Å²) in [5.41, 5.74) is 5.58. The number of aromatic nitrogens is 2. The number of likely N-dealkylation sites (tertiary alicyclic amines) is 1. The molecule has 3 unspecified atom stereocenters. The molecule has 3 heterocycles. The minimum absolute atomic E-state index is 0.193. The van der Waals surface area contributed by atoms with Gasteiger partial charge in [0, 0.05) is 37.8 Å². The van der Waals surface area contributed by atoms with E-state index in [0.29, 0.717) is 17.0 Å². The van der Waals surface area contributed by atoms with Crippen LogP contribution in [0.5, 0.6) is 0 Å². The van der Waals surface area contributed by atoms with Gasteiger partial charge in [0.2, 0.25) is 0 Å². The average Bonchev–Trinajstić information content (AvgIpc) is 3.24. The molecule has 2 saturated heterocycles. The van der Waals surface area contributed by atoms with Crippen molar-refractivity contribution in [2.45, 2.75) is 55.1 Å². The summed E-state index contributed by atoms with van der Waals surface area (Å²) >= 11 is -1.30. The minimum Gasteiger partial charge on any atom is -0.592 e. The molecular formula is C28H35N5OS. The number of benzene rings is 2. The molecule has 0 spiro atoms. The van der Waals surface area contributed by atoms with Crippen LogP contribution >= 0.6 is 0 Å². The number of anilines is 1. The van der Waals surface area contributed by atoms with Crippen LogP contribution in [0.4, 0.5) is 5.69 Å². The summed E-state index contributed by atoms with van der Waals surface area (Å²) in [5, 5.41) is 0.585. The molecule has 0 radical (unpaired) electrons. The highest BCUT2D eigenvalue weighted by atomic mass is 32.2. The Morgan fingerprint density at radius 2 is 1.94 bits per heavy atom. The number of fused-ring (bicyclic) bond motifs is 1. The normalized spacial score (nSPS) is 24.4. The predicted molar refractivity (Wildman–Crippen MR) is 141 cm³/mol. The number of nitrogens with one attached hydrogen (secondary N) is 1. The fourth-order valence-corrected chi connectivity index (χ4v) is 7.18. The SMILES string of the molecule is Cn1cnc([S+]([O-])NC2(C)CN(c3ccc4c(c3)C(Cc3ccccc3)C(N3CCC3)CC4)C2)c1. The van der Waals surface area contributed by atoms with Crippen LogP contribution in [-0.2, 0) is 31.3 Å². The Hall–Kier alpha value is -2.32. The Morgan fingerprint density at radius 3 is 2.63 bits per heavy atom. The standard InChI is InChI=1S/C28H35N5OS/c1-28(30-35(34)27-17-31(2)20-29-27)18-33(19-28)23-11-9-22-10-12-26(32-13-6-14-32)25(24(22)16-23)15-21-7-4-3-5-8-21/h3-5,7-9,11,16-17,20,25-26,30H,6,10,12-15,18-19H2,1-2H3. The van der Waals surface area contributed by atoms with E-state index in [0.717, 1.165) is 19.5 Å². The molecule has 7 heteroatoms. The maximum atomic E-state index is 12.8. The molecule has 1 aliphatic carbocycles. The van der Waals surface area contributed by atoms with Crippen molar-refractivity contribution in [1.29, 1.82) is 0 Å². The van der Waals surface area contributed by atoms with Crippen molar-refractivity contribution in [2.75, 3.05) is 31.1 Å². The lowest BCUT2D eigenvalue weighted by Gasteiger charge is -2.49. The summed E-state index contributed by atoms with van der Waals surface area (Å²) in [4.78, 5) is 9.36. The molecule has 6 rings (SSSR count). The maximum Gasteiger partial charge on any atom is 0.283 e. The summed E-state index contributed by atoms with van der Waals surface area (Å²) in [6, 6.07) is 18.7. The Labute approximate surface area is 211 Å². The first-order chi connectivity index (χ1) is 17.0. The number of hydrogen-bond donors (Lipinski definition) is 1. The zero-order valence-corrected chi connectivity index (χ0v) is 21.5. The fourth-order valence-electron chi connectivity index (χ4n) is 6.09.